The van der Waals surface area contributed by atoms with Crippen LogP contribution in [0, 0.1) is 6.92 Å². The van der Waals surface area contributed by atoms with Gasteiger partial charge in [-0.1, -0.05) is 23.7 Å². The van der Waals surface area contributed by atoms with Crippen LogP contribution in [-0.2, 0) is 10.0 Å². The highest BCUT2D eigenvalue weighted by Crippen LogP contribution is 2.29. The van der Waals surface area contributed by atoms with Crippen LogP contribution in [0.4, 0.5) is 0 Å². The summed E-state index contributed by atoms with van der Waals surface area (Å²) in [5.74, 6) is 0.937. The number of aliphatic hydroxyl groups excluding tert-OH is 1. The molecular weight excluding hydrogens is 382 g/mol. The summed E-state index contributed by atoms with van der Waals surface area (Å²) in [6.07, 6.45) is -1.09. The van der Waals surface area contributed by atoms with Gasteiger partial charge in [0.15, 0.2) is 0 Å². The summed E-state index contributed by atoms with van der Waals surface area (Å²) in [5.41, 5.74) is 0.462. The van der Waals surface area contributed by atoms with Crippen molar-refractivity contribution in [1.82, 2.24) is 4.72 Å². The predicted octanol–water partition coefficient (Wildman–Crippen LogP) is 3.98. The molecule has 0 saturated carbocycles. The fourth-order valence-electron chi connectivity index (χ4n) is 2.33. The summed E-state index contributed by atoms with van der Waals surface area (Å²) < 4.78 is 32.8. The van der Waals surface area contributed by atoms with Gasteiger partial charge in [-0.15, -0.1) is 11.3 Å². The molecule has 0 fully saturated rings. The molecule has 1 atom stereocenters. The summed E-state index contributed by atoms with van der Waals surface area (Å²) in [5, 5.41) is 12.5. The van der Waals surface area contributed by atoms with Gasteiger partial charge < -0.3 is 9.52 Å². The zero-order chi connectivity index (χ0) is 18.0. The molecule has 1 unspecified atom stereocenters. The Bertz CT molecular complexity index is 964. The second-order valence-corrected chi connectivity index (χ2v) is 8.50. The summed E-state index contributed by atoms with van der Waals surface area (Å²) in [6.45, 7) is 1.43. The number of hydrogen-bond acceptors (Lipinski definition) is 5. The fraction of sp³-hybridized carbons (Fsp3) is 0.176. The molecule has 0 aliphatic carbocycles. The molecule has 5 nitrogen and oxygen atoms in total. The van der Waals surface area contributed by atoms with Crippen LogP contribution in [0.3, 0.4) is 0 Å². The van der Waals surface area contributed by atoms with E-state index in [1.807, 2.05) is 17.5 Å². The molecule has 3 aromatic rings. The Morgan fingerprint density at radius 1 is 1.24 bits per heavy atom. The molecule has 0 amide bonds. The number of rotatable bonds is 6. The summed E-state index contributed by atoms with van der Waals surface area (Å²) in [4.78, 5) is 1.03. The Morgan fingerprint density at radius 2 is 2.04 bits per heavy atom. The monoisotopic (exact) mass is 397 g/mol. The SMILES string of the molecule is Cc1c(Cl)cccc1S(=O)(=O)NCC(O)c1ccc(-c2cccs2)o1. The maximum absolute atomic E-state index is 12.4. The third-order valence-corrected chi connectivity index (χ3v) is 6.56. The highest BCUT2D eigenvalue weighted by molar-refractivity contribution is 7.89. The number of nitrogens with one attached hydrogen (secondary N) is 1. The number of sulfonamides is 1. The van der Waals surface area contributed by atoms with Crippen molar-refractivity contribution < 1.29 is 17.9 Å². The van der Waals surface area contributed by atoms with E-state index in [2.05, 4.69) is 4.72 Å². The minimum Gasteiger partial charge on any atom is -0.457 e. The van der Waals surface area contributed by atoms with Crippen LogP contribution in [0.25, 0.3) is 10.6 Å². The molecule has 1 aromatic carbocycles. The van der Waals surface area contributed by atoms with E-state index in [0.29, 0.717) is 22.1 Å². The standard InChI is InChI=1S/C17H16ClNO4S2/c1-11-12(18)4-2-6-17(11)25(21,22)19-10-13(20)14-7-8-15(23-14)16-5-3-9-24-16/h2-9,13,19-20H,10H2,1H3. The first-order valence-electron chi connectivity index (χ1n) is 7.45. The number of benzene rings is 1. The molecule has 2 aromatic heterocycles. The van der Waals surface area contributed by atoms with Crippen LogP contribution >= 0.6 is 22.9 Å². The predicted molar refractivity (Wildman–Crippen MR) is 98.4 cm³/mol. The lowest BCUT2D eigenvalue weighted by atomic mass is 10.2. The van der Waals surface area contributed by atoms with Gasteiger partial charge in [0.1, 0.15) is 17.6 Å². The first-order valence-corrected chi connectivity index (χ1v) is 10.2. The van der Waals surface area contributed by atoms with Crippen LogP contribution in [0.5, 0.6) is 0 Å². The van der Waals surface area contributed by atoms with Gasteiger partial charge in [0, 0.05) is 11.6 Å². The quantitative estimate of drug-likeness (QED) is 0.659. The fourth-order valence-corrected chi connectivity index (χ4v) is 4.55. The lowest BCUT2D eigenvalue weighted by molar-refractivity contribution is 0.155. The maximum atomic E-state index is 12.4. The zero-order valence-electron chi connectivity index (χ0n) is 13.3. The summed E-state index contributed by atoms with van der Waals surface area (Å²) in [6, 6.07) is 11.9. The Kier molecular flexibility index (Phi) is 5.31. The maximum Gasteiger partial charge on any atom is 0.240 e. The van der Waals surface area contributed by atoms with E-state index in [-0.39, 0.29) is 11.4 Å². The van der Waals surface area contributed by atoms with Crippen molar-refractivity contribution in [3.8, 4) is 10.6 Å². The van der Waals surface area contributed by atoms with Crippen LogP contribution in [0.2, 0.25) is 5.02 Å². The number of hydrogen-bond donors (Lipinski definition) is 2. The van der Waals surface area contributed by atoms with E-state index in [4.69, 9.17) is 16.0 Å². The highest BCUT2D eigenvalue weighted by atomic mass is 35.5. The number of aliphatic hydroxyl groups is 1. The average molecular weight is 398 g/mol. The zero-order valence-corrected chi connectivity index (χ0v) is 15.7. The molecule has 8 heteroatoms. The first-order chi connectivity index (χ1) is 11.9. The van der Waals surface area contributed by atoms with Crippen LogP contribution in [-0.4, -0.2) is 20.1 Å². The van der Waals surface area contributed by atoms with Crippen LogP contribution < -0.4 is 4.72 Å². The van der Waals surface area contributed by atoms with Crippen molar-refractivity contribution in [1.29, 1.82) is 0 Å². The minimum absolute atomic E-state index is 0.0888. The van der Waals surface area contributed by atoms with E-state index in [0.717, 1.165) is 4.88 Å². The number of furan rings is 1. The van der Waals surface area contributed by atoms with Crippen molar-refractivity contribution in [3.63, 3.8) is 0 Å². The molecule has 0 bridgehead atoms. The van der Waals surface area contributed by atoms with Gasteiger partial charge in [0.05, 0.1) is 9.77 Å². The molecular formula is C17H16ClNO4S2. The van der Waals surface area contributed by atoms with Gasteiger partial charge in [-0.25, -0.2) is 13.1 Å². The second kappa shape index (κ2) is 7.31. The van der Waals surface area contributed by atoms with Crippen LogP contribution in [0.15, 0.2) is 57.2 Å². The van der Waals surface area contributed by atoms with Gasteiger partial charge >= 0.3 is 0 Å². The van der Waals surface area contributed by atoms with Crippen LogP contribution in [0.1, 0.15) is 17.4 Å². The van der Waals surface area contributed by atoms with E-state index in [1.54, 1.807) is 31.2 Å². The van der Waals surface area contributed by atoms with Crippen molar-refractivity contribution in [2.45, 2.75) is 17.9 Å². The third-order valence-electron chi connectivity index (χ3n) is 3.69. The van der Waals surface area contributed by atoms with Crippen molar-refractivity contribution in [3.05, 3.63) is 64.2 Å². The third kappa shape index (κ3) is 3.96. The Morgan fingerprint density at radius 3 is 2.76 bits per heavy atom. The van der Waals surface area contributed by atoms with E-state index in [1.165, 1.54) is 17.4 Å². The average Bonchev–Trinajstić information content (AvgIpc) is 3.26. The molecule has 2 heterocycles. The van der Waals surface area contributed by atoms with Gasteiger partial charge in [0.2, 0.25) is 10.0 Å². The second-order valence-electron chi connectivity index (χ2n) is 5.41. The smallest absolute Gasteiger partial charge is 0.240 e. The molecule has 0 aliphatic heterocycles. The molecule has 2 N–H and O–H groups in total. The topological polar surface area (TPSA) is 79.5 Å². The van der Waals surface area contributed by atoms with Gasteiger partial charge in [-0.3, -0.25) is 0 Å². The number of halogens is 1. The molecule has 0 radical (unpaired) electrons. The summed E-state index contributed by atoms with van der Waals surface area (Å²) in [7, 11) is -3.79. The minimum atomic E-state index is -3.79. The van der Waals surface area contributed by atoms with Crippen molar-refractivity contribution >= 4 is 33.0 Å². The highest BCUT2D eigenvalue weighted by Gasteiger charge is 2.21. The normalized spacial score (nSPS) is 13.1. The van der Waals surface area contributed by atoms with E-state index < -0.39 is 16.1 Å². The van der Waals surface area contributed by atoms with Crippen molar-refractivity contribution in [2.24, 2.45) is 0 Å². The lowest BCUT2D eigenvalue weighted by Crippen LogP contribution is -2.29. The van der Waals surface area contributed by atoms with Gasteiger partial charge in [-0.05, 0) is 48.2 Å². The first kappa shape index (κ1) is 18.2. The van der Waals surface area contributed by atoms with Gasteiger partial charge in [-0.2, -0.15) is 0 Å². The Labute approximate surface area is 154 Å². The molecule has 0 aliphatic rings. The molecule has 0 spiro atoms. The molecule has 132 valence electrons. The van der Waals surface area contributed by atoms with Gasteiger partial charge in [0.25, 0.3) is 0 Å². The molecule has 0 saturated heterocycles. The largest absolute Gasteiger partial charge is 0.457 e. The van der Waals surface area contributed by atoms with E-state index >= 15 is 0 Å². The molecule has 3 rings (SSSR count). The summed E-state index contributed by atoms with van der Waals surface area (Å²) >= 11 is 7.49. The Balaban J connectivity index is 1.71. The van der Waals surface area contributed by atoms with E-state index in [9.17, 15) is 13.5 Å². The lowest BCUT2D eigenvalue weighted by Gasteiger charge is -2.12. The van der Waals surface area contributed by atoms with Crippen molar-refractivity contribution in [2.75, 3.05) is 6.54 Å². The number of thiophene rings is 1. The Hall–Kier alpha value is -1.64. The molecule has 25 heavy (non-hydrogen) atoms.